The van der Waals surface area contributed by atoms with Crippen molar-refractivity contribution in [3.05, 3.63) is 27.7 Å². The lowest BCUT2D eigenvalue weighted by Crippen LogP contribution is -2.29. The van der Waals surface area contributed by atoms with Crippen LogP contribution in [0.2, 0.25) is 10.0 Å². The van der Waals surface area contributed by atoms with Crippen LogP contribution < -0.4 is 4.74 Å². The van der Waals surface area contributed by atoms with Crippen LogP contribution in [0.3, 0.4) is 0 Å². The molecule has 0 bridgehead atoms. The van der Waals surface area contributed by atoms with E-state index in [1.807, 2.05) is 0 Å². The van der Waals surface area contributed by atoms with Crippen LogP contribution in [0.1, 0.15) is 16.8 Å². The number of aliphatic hydroxyl groups excluding tert-OH is 1. The third-order valence-corrected chi connectivity index (χ3v) is 3.84. The summed E-state index contributed by atoms with van der Waals surface area (Å²) in [4.78, 5) is 14.0. The highest BCUT2D eigenvalue weighted by atomic mass is 35.5. The first-order chi connectivity index (χ1) is 9.06. The number of ether oxygens (including phenoxy) is 1. The van der Waals surface area contributed by atoms with Crippen LogP contribution in [0.4, 0.5) is 0 Å². The first-order valence-electron chi connectivity index (χ1n) is 6.00. The van der Waals surface area contributed by atoms with Gasteiger partial charge < -0.3 is 14.7 Å². The van der Waals surface area contributed by atoms with Gasteiger partial charge in [-0.3, -0.25) is 4.79 Å². The van der Waals surface area contributed by atoms with E-state index in [1.54, 1.807) is 17.0 Å². The molecule has 1 aromatic rings. The molecule has 1 aliphatic heterocycles. The van der Waals surface area contributed by atoms with Crippen molar-refractivity contribution in [3.63, 3.8) is 0 Å². The van der Waals surface area contributed by atoms with E-state index in [4.69, 9.17) is 33.0 Å². The molecule has 1 fully saturated rings. The van der Waals surface area contributed by atoms with E-state index < -0.39 is 0 Å². The van der Waals surface area contributed by atoms with Gasteiger partial charge in [0.15, 0.2) is 5.75 Å². The van der Waals surface area contributed by atoms with Gasteiger partial charge in [-0.25, -0.2) is 0 Å². The van der Waals surface area contributed by atoms with Crippen LogP contribution in [0, 0.1) is 5.92 Å². The van der Waals surface area contributed by atoms with E-state index in [0.717, 1.165) is 6.42 Å². The molecule has 4 nitrogen and oxygen atoms in total. The molecule has 0 radical (unpaired) electrons. The van der Waals surface area contributed by atoms with Gasteiger partial charge in [0.2, 0.25) is 0 Å². The van der Waals surface area contributed by atoms with Gasteiger partial charge in [-0.1, -0.05) is 23.2 Å². The second kappa shape index (κ2) is 5.99. The molecule has 0 spiro atoms. The van der Waals surface area contributed by atoms with Gasteiger partial charge in [0.25, 0.3) is 5.91 Å². The van der Waals surface area contributed by atoms with E-state index in [0.29, 0.717) is 34.4 Å². The van der Waals surface area contributed by atoms with Crippen LogP contribution in [0.5, 0.6) is 5.75 Å². The number of carbonyl (C=O) groups is 1. The highest BCUT2D eigenvalue weighted by Gasteiger charge is 2.27. The molecular formula is C13H15Cl2NO3. The zero-order valence-electron chi connectivity index (χ0n) is 10.5. The predicted octanol–water partition coefficient (Wildman–Crippen LogP) is 2.46. The minimum atomic E-state index is -0.123. The largest absolute Gasteiger partial charge is 0.494 e. The number of benzene rings is 1. The van der Waals surface area contributed by atoms with Crippen molar-refractivity contribution in [2.24, 2.45) is 5.92 Å². The summed E-state index contributed by atoms with van der Waals surface area (Å²) in [5.74, 6) is 0.407. The van der Waals surface area contributed by atoms with Crippen molar-refractivity contribution in [2.45, 2.75) is 6.42 Å². The van der Waals surface area contributed by atoms with Crippen molar-refractivity contribution >= 4 is 29.1 Å². The van der Waals surface area contributed by atoms with Crippen molar-refractivity contribution < 1.29 is 14.6 Å². The quantitative estimate of drug-likeness (QED) is 0.933. The maximum Gasteiger partial charge on any atom is 0.253 e. The maximum absolute atomic E-state index is 12.3. The molecule has 104 valence electrons. The number of methoxy groups -OCH3 is 1. The second-order valence-corrected chi connectivity index (χ2v) is 5.38. The monoisotopic (exact) mass is 303 g/mol. The van der Waals surface area contributed by atoms with E-state index in [2.05, 4.69) is 0 Å². The Labute approximate surface area is 121 Å². The minimum Gasteiger partial charge on any atom is -0.494 e. The fourth-order valence-electron chi connectivity index (χ4n) is 2.23. The number of halogens is 2. The molecular weight excluding hydrogens is 289 g/mol. The number of hydrogen-bond acceptors (Lipinski definition) is 3. The molecule has 1 N–H and O–H groups in total. The van der Waals surface area contributed by atoms with Crippen LogP contribution in [-0.4, -0.2) is 42.7 Å². The molecule has 0 aromatic heterocycles. The number of carbonyl (C=O) groups excluding carboxylic acids is 1. The molecule has 6 heteroatoms. The Hall–Kier alpha value is -0.970. The number of aliphatic hydroxyl groups is 1. The van der Waals surface area contributed by atoms with Crippen molar-refractivity contribution in [1.29, 1.82) is 0 Å². The Balaban J connectivity index is 2.21. The minimum absolute atomic E-state index is 0.105. The Morgan fingerprint density at radius 2 is 2.11 bits per heavy atom. The van der Waals surface area contributed by atoms with E-state index >= 15 is 0 Å². The first-order valence-corrected chi connectivity index (χ1v) is 6.75. The SMILES string of the molecule is COc1c(Cl)cc(C(=O)N2CCC(CO)C2)cc1Cl. The number of nitrogens with zero attached hydrogens (tertiary/aromatic N) is 1. The molecule has 1 aliphatic rings. The predicted molar refractivity (Wildman–Crippen MR) is 74.1 cm³/mol. The average Bonchev–Trinajstić information content (AvgIpc) is 2.86. The van der Waals surface area contributed by atoms with Gasteiger partial charge in [-0.2, -0.15) is 0 Å². The van der Waals surface area contributed by atoms with Crippen LogP contribution in [-0.2, 0) is 0 Å². The molecule has 1 heterocycles. The number of likely N-dealkylation sites (tertiary alicyclic amines) is 1. The first kappa shape index (κ1) is 14.4. The average molecular weight is 304 g/mol. The van der Waals surface area contributed by atoms with E-state index in [9.17, 15) is 4.79 Å². The lowest BCUT2D eigenvalue weighted by atomic mass is 10.1. The summed E-state index contributed by atoms with van der Waals surface area (Å²) in [6.07, 6.45) is 0.819. The zero-order valence-corrected chi connectivity index (χ0v) is 12.0. The highest BCUT2D eigenvalue weighted by Crippen LogP contribution is 2.34. The number of hydrogen-bond donors (Lipinski definition) is 1. The van der Waals surface area contributed by atoms with Gasteiger partial charge in [0.1, 0.15) is 0 Å². The van der Waals surface area contributed by atoms with E-state index in [1.165, 1.54) is 7.11 Å². The molecule has 1 amide bonds. The summed E-state index contributed by atoms with van der Waals surface area (Å²) in [5, 5.41) is 9.73. The molecule has 1 aromatic carbocycles. The Morgan fingerprint density at radius 1 is 1.47 bits per heavy atom. The van der Waals surface area contributed by atoms with Crippen molar-refractivity contribution in [2.75, 3.05) is 26.8 Å². The topological polar surface area (TPSA) is 49.8 Å². The van der Waals surface area contributed by atoms with Gasteiger partial charge >= 0.3 is 0 Å². The second-order valence-electron chi connectivity index (χ2n) is 4.56. The van der Waals surface area contributed by atoms with E-state index in [-0.39, 0.29) is 18.4 Å². The Bertz CT molecular complexity index is 470. The standard InChI is InChI=1S/C13H15Cl2NO3/c1-19-12-10(14)4-9(5-11(12)15)13(18)16-3-2-8(6-16)7-17/h4-5,8,17H,2-3,6-7H2,1H3. The van der Waals surface area contributed by atoms with Crippen molar-refractivity contribution in [3.8, 4) is 5.75 Å². The summed E-state index contributed by atoms with van der Waals surface area (Å²) < 4.78 is 5.05. The molecule has 1 unspecified atom stereocenters. The third-order valence-electron chi connectivity index (χ3n) is 3.28. The Morgan fingerprint density at radius 3 is 2.58 bits per heavy atom. The van der Waals surface area contributed by atoms with Crippen LogP contribution in [0.25, 0.3) is 0 Å². The fourth-order valence-corrected chi connectivity index (χ4v) is 2.87. The number of rotatable bonds is 3. The third kappa shape index (κ3) is 2.96. The lowest BCUT2D eigenvalue weighted by Gasteiger charge is -2.17. The van der Waals surface area contributed by atoms with Crippen LogP contribution >= 0.6 is 23.2 Å². The van der Waals surface area contributed by atoms with Gasteiger partial charge in [-0.05, 0) is 18.6 Å². The zero-order chi connectivity index (χ0) is 14.0. The summed E-state index contributed by atoms with van der Waals surface area (Å²) in [5.41, 5.74) is 0.439. The molecule has 0 saturated carbocycles. The Kier molecular flexibility index (Phi) is 4.55. The molecule has 1 atom stereocenters. The fraction of sp³-hybridized carbons (Fsp3) is 0.462. The summed E-state index contributed by atoms with van der Waals surface area (Å²) in [6.45, 7) is 1.32. The van der Waals surface area contributed by atoms with Gasteiger partial charge in [-0.15, -0.1) is 0 Å². The van der Waals surface area contributed by atoms with Gasteiger partial charge in [0, 0.05) is 31.2 Å². The lowest BCUT2D eigenvalue weighted by molar-refractivity contribution is 0.0782. The summed E-state index contributed by atoms with van der Waals surface area (Å²) in [7, 11) is 1.47. The normalized spacial score (nSPS) is 18.7. The highest BCUT2D eigenvalue weighted by molar-refractivity contribution is 6.37. The summed E-state index contributed by atoms with van der Waals surface area (Å²) in [6, 6.07) is 3.11. The molecule has 2 rings (SSSR count). The molecule has 19 heavy (non-hydrogen) atoms. The summed E-state index contributed by atoms with van der Waals surface area (Å²) >= 11 is 12.0. The van der Waals surface area contributed by atoms with Crippen molar-refractivity contribution in [1.82, 2.24) is 4.90 Å². The van der Waals surface area contributed by atoms with Gasteiger partial charge in [0.05, 0.1) is 17.2 Å². The molecule has 0 aliphatic carbocycles. The maximum atomic E-state index is 12.3. The molecule has 1 saturated heterocycles. The van der Waals surface area contributed by atoms with Crippen LogP contribution in [0.15, 0.2) is 12.1 Å². The smallest absolute Gasteiger partial charge is 0.253 e. The number of amides is 1.